The minimum Gasteiger partial charge on any atom is -0.494 e. The Hall–Kier alpha value is -2.90. The molecule has 1 aliphatic heterocycles. The lowest BCUT2D eigenvalue weighted by Gasteiger charge is -2.26. The first kappa shape index (κ1) is 18.5. The highest BCUT2D eigenvalue weighted by Gasteiger charge is 2.21. The van der Waals surface area contributed by atoms with E-state index in [1.807, 2.05) is 53.2 Å². The molecule has 28 heavy (non-hydrogen) atoms. The van der Waals surface area contributed by atoms with E-state index in [0.29, 0.717) is 18.0 Å². The van der Waals surface area contributed by atoms with Crippen LogP contribution in [0, 0.1) is 0 Å². The highest BCUT2D eigenvalue weighted by atomic mass is 16.5. The van der Waals surface area contributed by atoms with Crippen molar-refractivity contribution in [1.29, 1.82) is 0 Å². The number of morpholine rings is 1. The molecule has 1 fully saturated rings. The maximum atomic E-state index is 12.9. The molecule has 0 saturated carbocycles. The second-order valence-corrected chi connectivity index (χ2v) is 6.70. The Morgan fingerprint density at radius 2 is 1.89 bits per heavy atom. The summed E-state index contributed by atoms with van der Waals surface area (Å²) in [5.74, 6) is 0.486. The molecule has 0 spiro atoms. The van der Waals surface area contributed by atoms with E-state index in [4.69, 9.17) is 9.47 Å². The highest BCUT2D eigenvalue weighted by Crippen LogP contribution is 2.28. The number of carbonyl (C=O) groups excluding carboxylic acids is 1. The summed E-state index contributed by atoms with van der Waals surface area (Å²) in [5, 5.41) is 8.36. The van der Waals surface area contributed by atoms with Crippen LogP contribution in [0.1, 0.15) is 10.5 Å². The molecule has 7 heteroatoms. The second-order valence-electron chi connectivity index (χ2n) is 6.70. The van der Waals surface area contributed by atoms with Gasteiger partial charge in [-0.05, 0) is 18.2 Å². The van der Waals surface area contributed by atoms with E-state index in [9.17, 15) is 4.79 Å². The number of amides is 1. The second kappa shape index (κ2) is 8.41. The van der Waals surface area contributed by atoms with E-state index in [1.165, 1.54) is 0 Å². The summed E-state index contributed by atoms with van der Waals surface area (Å²) in [6, 6.07) is 15.1. The monoisotopic (exact) mass is 380 g/mol. The third kappa shape index (κ3) is 3.85. The number of ether oxygens (including phenoxy) is 2. The van der Waals surface area contributed by atoms with Crippen LogP contribution in [0.2, 0.25) is 0 Å². The van der Waals surface area contributed by atoms with Crippen LogP contribution in [0.15, 0.2) is 48.5 Å². The van der Waals surface area contributed by atoms with E-state index >= 15 is 0 Å². The van der Waals surface area contributed by atoms with Crippen molar-refractivity contribution in [3.63, 3.8) is 0 Å². The van der Waals surface area contributed by atoms with Crippen LogP contribution >= 0.6 is 0 Å². The van der Waals surface area contributed by atoms with Gasteiger partial charge in [0, 0.05) is 30.7 Å². The Balaban J connectivity index is 1.64. The van der Waals surface area contributed by atoms with Gasteiger partial charge in [-0.2, -0.15) is 5.10 Å². The van der Waals surface area contributed by atoms with Gasteiger partial charge in [0.05, 0.1) is 26.9 Å². The van der Waals surface area contributed by atoms with Gasteiger partial charge in [-0.3, -0.25) is 14.4 Å². The molecule has 4 rings (SSSR count). The molecule has 1 N–H and O–H groups in total. The molecule has 2 heterocycles. The fourth-order valence-corrected chi connectivity index (χ4v) is 3.47. The lowest BCUT2D eigenvalue weighted by atomic mass is 10.2. The number of aromatic nitrogens is 2. The number of anilines is 1. The van der Waals surface area contributed by atoms with Gasteiger partial charge in [-0.15, -0.1) is 0 Å². The van der Waals surface area contributed by atoms with Crippen LogP contribution in [0.25, 0.3) is 10.9 Å². The first-order valence-electron chi connectivity index (χ1n) is 9.46. The summed E-state index contributed by atoms with van der Waals surface area (Å²) < 4.78 is 12.8. The number of fused-ring (bicyclic) bond motifs is 1. The van der Waals surface area contributed by atoms with Gasteiger partial charge in [-0.25, -0.2) is 0 Å². The molecule has 146 valence electrons. The maximum absolute atomic E-state index is 12.9. The van der Waals surface area contributed by atoms with Gasteiger partial charge in [0.15, 0.2) is 5.69 Å². The van der Waals surface area contributed by atoms with Gasteiger partial charge in [0.1, 0.15) is 11.3 Å². The van der Waals surface area contributed by atoms with E-state index in [-0.39, 0.29) is 5.91 Å². The van der Waals surface area contributed by atoms with E-state index in [0.717, 1.165) is 49.4 Å². The van der Waals surface area contributed by atoms with Crippen molar-refractivity contribution in [3.8, 4) is 5.75 Å². The molecule has 2 aromatic carbocycles. The zero-order chi connectivity index (χ0) is 19.3. The molecule has 1 amide bonds. The molecule has 0 atom stereocenters. The minimum atomic E-state index is -0.227. The van der Waals surface area contributed by atoms with Crippen LogP contribution in [0.5, 0.6) is 5.75 Å². The SMILES string of the molecule is COc1cccc2c(C(=O)Nc3ccccc3)nn(CCN3CCOCC3)c12. The predicted molar refractivity (Wildman–Crippen MR) is 108 cm³/mol. The Bertz CT molecular complexity index is 949. The molecule has 0 radical (unpaired) electrons. The summed E-state index contributed by atoms with van der Waals surface area (Å²) in [7, 11) is 1.64. The molecule has 0 aliphatic carbocycles. The summed E-state index contributed by atoms with van der Waals surface area (Å²) in [6.45, 7) is 4.87. The molecule has 7 nitrogen and oxygen atoms in total. The molecular weight excluding hydrogens is 356 g/mol. The van der Waals surface area contributed by atoms with Gasteiger partial charge < -0.3 is 14.8 Å². The van der Waals surface area contributed by atoms with Crippen molar-refractivity contribution in [2.24, 2.45) is 0 Å². The van der Waals surface area contributed by atoms with Crippen molar-refractivity contribution in [3.05, 3.63) is 54.2 Å². The number of methoxy groups -OCH3 is 1. The molecule has 1 aliphatic rings. The van der Waals surface area contributed by atoms with E-state index < -0.39 is 0 Å². The van der Waals surface area contributed by atoms with Crippen molar-refractivity contribution in [2.45, 2.75) is 6.54 Å². The quantitative estimate of drug-likeness (QED) is 0.712. The van der Waals surface area contributed by atoms with Gasteiger partial charge in [-0.1, -0.05) is 30.3 Å². The van der Waals surface area contributed by atoms with Gasteiger partial charge >= 0.3 is 0 Å². The first-order chi connectivity index (χ1) is 13.8. The number of para-hydroxylation sites is 2. The predicted octanol–water partition coefficient (Wildman–Crippen LogP) is 2.63. The van der Waals surface area contributed by atoms with Crippen molar-refractivity contribution < 1.29 is 14.3 Å². The van der Waals surface area contributed by atoms with E-state index in [1.54, 1.807) is 7.11 Å². The zero-order valence-electron chi connectivity index (χ0n) is 15.9. The Labute approximate surface area is 163 Å². The Morgan fingerprint density at radius 1 is 1.11 bits per heavy atom. The van der Waals surface area contributed by atoms with Crippen LogP contribution in [0.3, 0.4) is 0 Å². The fraction of sp³-hybridized carbons (Fsp3) is 0.333. The minimum absolute atomic E-state index is 0.227. The number of nitrogens with one attached hydrogen (secondary N) is 1. The lowest BCUT2D eigenvalue weighted by Crippen LogP contribution is -2.38. The number of carbonyl (C=O) groups is 1. The van der Waals surface area contributed by atoms with Crippen molar-refractivity contribution in [1.82, 2.24) is 14.7 Å². The summed E-state index contributed by atoms with van der Waals surface area (Å²) >= 11 is 0. The fourth-order valence-electron chi connectivity index (χ4n) is 3.47. The third-order valence-electron chi connectivity index (χ3n) is 4.93. The highest BCUT2D eigenvalue weighted by molar-refractivity contribution is 6.12. The Morgan fingerprint density at radius 3 is 2.64 bits per heavy atom. The number of nitrogens with zero attached hydrogens (tertiary/aromatic N) is 3. The van der Waals surface area contributed by atoms with Crippen LogP contribution in [0.4, 0.5) is 5.69 Å². The summed E-state index contributed by atoms with van der Waals surface area (Å²) in [6.07, 6.45) is 0. The van der Waals surface area contributed by atoms with Crippen LogP contribution in [-0.4, -0.2) is 60.5 Å². The molecular formula is C21H24N4O3. The molecule has 1 saturated heterocycles. The number of hydrogen-bond acceptors (Lipinski definition) is 5. The average Bonchev–Trinajstić information content (AvgIpc) is 3.13. The topological polar surface area (TPSA) is 68.6 Å². The normalized spacial score (nSPS) is 14.9. The van der Waals surface area contributed by atoms with Crippen molar-refractivity contribution in [2.75, 3.05) is 45.3 Å². The molecule has 0 bridgehead atoms. The first-order valence-corrected chi connectivity index (χ1v) is 9.46. The number of rotatable bonds is 6. The van der Waals surface area contributed by atoms with Crippen LogP contribution in [-0.2, 0) is 11.3 Å². The average molecular weight is 380 g/mol. The number of benzene rings is 2. The van der Waals surface area contributed by atoms with Gasteiger partial charge in [0.25, 0.3) is 5.91 Å². The summed E-state index contributed by atoms with van der Waals surface area (Å²) in [4.78, 5) is 15.2. The molecule has 3 aromatic rings. The Kier molecular flexibility index (Phi) is 5.55. The van der Waals surface area contributed by atoms with E-state index in [2.05, 4.69) is 15.3 Å². The zero-order valence-corrected chi connectivity index (χ0v) is 15.9. The van der Waals surface area contributed by atoms with Crippen molar-refractivity contribution >= 4 is 22.5 Å². The largest absolute Gasteiger partial charge is 0.494 e. The van der Waals surface area contributed by atoms with Crippen LogP contribution < -0.4 is 10.1 Å². The molecule has 1 aromatic heterocycles. The number of hydrogen-bond donors (Lipinski definition) is 1. The maximum Gasteiger partial charge on any atom is 0.276 e. The summed E-state index contributed by atoms with van der Waals surface area (Å²) in [5.41, 5.74) is 1.99. The smallest absolute Gasteiger partial charge is 0.276 e. The molecule has 0 unspecified atom stereocenters. The standard InChI is InChI=1S/C21H24N4O3/c1-27-18-9-5-8-17-19(21(26)22-16-6-3-2-4-7-16)23-25(20(17)18)11-10-24-12-14-28-15-13-24/h2-9H,10-15H2,1H3,(H,22,26). The lowest BCUT2D eigenvalue weighted by molar-refractivity contribution is 0.0361. The third-order valence-corrected chi connectivity index (χ3v) is 4.93. The van der Waals surface area contributed by atoms with Gasteiger partial charge in [0.2, 0.25) is 0 Å².